The number of rotatable bonds is 8. The molecule has 1 N–H and O–H groups in total. The molecule has 5 nitrogen and oxygen atoms in total. The number of hydrogen-bond acceptors (Lipinski definition) is 5. The summed E-state index contributed by atoms with van der Waals surface area (Å²) in [5.74, 6) is -0.948. The first-order chi connectivity index (χ1) is 12.1. The average molecular weight is 424 g/mol. The Hall–Kier alpha value is -1.83. The zero-order valence-electron chi connectivity index (χ0n) is 13.7. The quantitative estimate of drug-likeness (QED) is 0.646. The molecule has 25 heavy (non-hydrogen) atoms. The van der Waals surface area contributed by atoms with Crippen molar-refractivity contribution in [1.82, 2.24) is 0 Å². The fraction of sp³-hybridized carbons (Fsp3) is 0.222. The predicted molar refractivity (Wildman–Crippen MR) is 101 cm³/mol. The highest BCUT2D eigenvalue weighted by Crippen LogP contribution is 2.29. The molecule has 2 rings (SSSR count). The van der Waals surface area contributed by atoms with E-state index in [4.69, 9.17) is 9.47 Å². The molecule has 0 spiro atoms. The third-order valence-corrected chi connectivity index (χ3v) is 4.52. The summed E-state index contributed by atoms with van der Waals surface area (Å²) in [6.07, 6.45) is 0. The zero-order valence-corrected chi connectivity index (χ0v) is 16.1. The predicted octanol–water partition coefficient (Wildman–Crippen LogP) is 4.12. The summed E-state index contributed by atoms with van der Waals surface area (Å²) in [5.41, 5.74) is 0.644. The number of amides is 1. The van der Waals surface area contributed by atoms with Gasteiger partial charge in [-0.3, -0.25) is 4.79 Å². The highest BCUT2D eigenvalue weighted by Gasteiger charge is 2.08. The lowest BCUT2D eigenvalue weighted by atomic mass is 10.3. The Labute approximate surface area is 159 Å². The Morgan fingerprint density at radius 1 is 1.00 bits per heavy atom. The van der Waals surface area contributed by atoms with Crippen LogP contribution in [0.15, 0.2) is 62.8 Å². The van der Waals surface area contributed by atoms with Gasteiger partial charge in [0.05, 0.1) is 0 Å². The second kappa shape index (κ2) is 10.2. The molecule has 0 saturated heterocycles. The van der Waals surface area contributed by atoms with E-state index in [-0.39, 0.29) is 13.2 Å². The molecule has 0 heterocycles. The molecule has 1 amide bonds. The topological polar surface area (TPSA) is 64.6 Å². The number of benzene rings is 2. The van der Waals surface area contributed by atoms with Crippen LogP contribution in [0.5, 0.6) is 0 Å². The Bertz CT molecular complexity index is 704. The van der Waals surface area contributed by atoms with Crippen molar-refractivity contribution >= 4 is 45.3 Å². The van der Waals surface area contributed by atoms with Crippen LogP contribution in [0.25, 0.3) is 0 Å². The minimum absolute atomic E-state index is 0.147. The lowest BCUT2D eigenvalue weighted by Crippen LogP contribution is -2.22. The van der Waals surface area contributed by atoms with Crippen LogP contribution in [0.3, 0.4) is 0 Å². The number of halogens is 1. The van der Waals surface area contributed by atoms with Crippen molar-refractivity contribution in [2.24, 2.45) is 0 Å². The van der Waals surface area contributed by atoms with E-state index < -0.39 is 11.9 Å². The van der Waals surface area contributed by atoms with Gasteiger partial charge in [-0.05, 0) is 55.5 Å². The van der Waals surface area contributed by atoms with Gasteiger partial charge in [-0.15, -0.1) is 0 Å². The molecule has 0 bridgehead atoms. The summed E-state index contributed by atoms with van der Waals surface area (Å²) >= 11 is 5.04. The Kier molecular flexibility index (Phi) is 7.97. The van der Waals surface area contributed by atoms with Crippen LogP contribution >= 0.6 is 27.7 Å². The maximum absolute atomic E-state index is 11.8. The van der Waals surface area contributed by atoms with E-state index in [0.29, 0.717) is 12.3 Å². The molecule has 7 heteroatoms. The van der Waals surface area contributed by atoms with E-state index in [1.807, 2.05) is 36.4 Å². The van der Waals surface area contributed by atoms with E-state index in [1.165, 1.54) is 0 Å². The van der Waals surface area contributed by atoms with Gasteiger partial charge in [0, 0.05) is 26.6 Å². The number of anilines is 1. The molecule has 0 aromatic heterocycles. The molecule has 0 fully saturated rings. The van der Waals surface area contributed by atoms with Gasteiger partial charge >= 0.3 is 5.97 Å². The van der Waals surface area contributed by atoms with Crippen molar-refractivity contribution in [2.45, 2.75) is 16.7 Å². The SMILES string of the molecule is CCOCC(=O)OCC(=O)Nc1ccc(Sc2ccc(Br)cc2)cc1. The molecule has 2 aromatic rings. The summed E-state index contributed by atoms with van der Waals surface area (Å²) in [5, 5.41) is 2.68. The minimum Gasteiger partial charge on any atom is -0.454 e. The van der Waals surface area contributed by atoms with Crippen molar-refractivity contribution in [3.63, 3.8) is 0 Å². The fourth-order valence-electron chi connectivity index (χ4n) is 1.82. The highest BCUT2D eigenvalue weighted by molar-refractivity contribution is 9.10. The lowest BCUT2D eigenvalue weighted by molar-refractivity contribution is -0.151. The van der Waals surface area contributed by atoms with Crippen LogP contribution in [0, 0.1) is 0 Å². The van der Waals surface area contributed by atoms with Gasteiger partial charge in [0.25, 0.3) is 5.91 Å². The van der Waals surface area contributed by atoms with E-state index in [2.05, 4.69) is 21.2 Å². The van der Waals surface area contributed by atoms with Gasteiger partial charge in [-0.25, -0.2) is 4.79 Å². The number of ether oxygens (including phenoxy) is 2. The van der Waals surface area contributed by atoms with Crippen LogP contribution in [-0.2, 0) is 19.1 Å². The monoisotopic (exact) mass is 423 g/mol. The van der Waals surface area contributed by atoms with Crippen LogP contribution in [0.1, 0.15) is 6.92 Å². The third-order valence-electron chi connectivity index (χ3n) is 2.98. The Morgan fingerprint density at radius 2 is 1.60 bits per heavy atom. The van der Waals surface area contributed by atoms with E-state index >= 15 is 0 Å². The van der Waals surface area contributed by atoms with Crippen LogP contribution in [-0.4, -0.2) is 31.7 Å². The maximum atomic E-state index is 11.8. The average Bonchev–Trinajstić information content (AvgIpc) is 2.62. The molecule has 0 aliphatic rings. The molecule has 132 valence electrons. The normalized spacial score (nSPS) is 10.3. The molecular weight excluding hydrogens is 406 g/mol. The van der Waals surface area contributed by atoms with Gasteiger partial charge in [0.2, 0.25) is 0 Å². The summed E-state index contributed by atoms with van der Waals surface area (Å²) in [7, 11) is 0. The molecule has 0 saturated carbocycles. The summed E-state index contributed by atoms with van der Waals surface area (Å²) in [4.78, 5) is 25.2. The number of hydrogen-bond donors (Lipinski definition) is 1. The van der Waals surface area contributed by atoms with E-state index in [0.717, 1.165) is 14.3 Å². The Morgan fingerprint density at radius 3 is 2.20 bits per heavy atom. The van der Waals surface area contributed by atoms with Crippen LogP contribution < -0.4 is 5.32 Å². The number of carbonyl (C=O) groups excluding carboxylic acids is 2. The first-order valence-corrected chi connectivity index (χ1v) is 9.24. The molecule has 0 unspecified atom stereocenters. The summed E-state index contributed by atoms with van der Waals surface area (Å²) < 4.78 is 10.7. The molecule has 0 atom stereocenters. The minimum atomic E-state index is -0.557. The highest BCUT2D eigenvalue weighted by atomic mass is 79.9. The van der Waals surface area contributed by atoms with Gasteiger partial charge in [0.1, 0.15) is 6.61 Å². The van der Waals surface area contributed by atoms with Crippen LogP contribution in [0.4, 0.5) is 5.69 Å². The van der Waals surface area contributed by atoms with Crippen molar-refractivity contribution in [1.29, 1.82) is 0 Å². The molecule has 0 aliphatic carbocycles. The number of carbonyl (C=O) groups is 2. The second-order valence-electron chi connectivity index (χ2n) is 4.93. The van der Waals surface area contributed by atoms with Gasteiger partial charge in [-0.2, -0.15) is 0 Å². The van der Waals surface area contributed by atoms with Gasteiger partial charge in [0.15, 0.2) is 6.61 Å². The molecule has 2 aromatic carbocycles. The van der Waals surface area contributed by atoms with Gasteiger partial charge < -0.3 is 14.8 Å². The second-order valence-corrected chi connectivity index (χ2v) is 6.99. The largest absolute Gasteiger partial charge is 0.454 e. The molecular formula is C18H18BrNO4S. The van der Waals surface area contributed by atoms with E-state index in [1.54, 1.807) is 30.8 Å². The maximum Gasteiger partial charge on any atom is 0.332 e. The standard InChI is InChI=1S/C18H18BrNO4S/c1-2-23-12-18(22)24-11-17(21)20-14-5-9-16(10-6-14)25-15-7-3-13(19)4-8-15/h3-10H,2,11-12H2,1H3,(H,20,21). The Balaban J connectivity index is 1.80. The van der Waals surface area contributed by atoms with E-state index in [9.17, 15) is 9.59 Å². The smallest absolute Gasteiger partial charge is 0.332 e. The lowest BCUT2D eigenvalue weighted by Gasteiger charge is -2.08. The fourth-order valence-corrected chi connectivity index (χ4v) is 2.90. The van der Waals surface area contributed by atoms with Crippen LogP contribution in [0.2, 0.25) is 0 Å². The van der Waals surface area contributed by atoms with Crippen molar-refractivity contribution in [3.8, 4) is 0 Å². The first-order valence-electron chi connectivity index (χ1n) is 7.63. The van der Waals surface area contributed by atoms with Gasteiger partial charge in [-0.1, -0.05) is 27.7 Å². The molecule has 0 aliphatic heterocycles. The van der Waals surface area contributed by atoms with Crippen molar-refractivity contribution < 1.29 is 19.1 Å². The van der Waals surface area contributed by atoms with Crippen molar-refractivity contribution in [2.75, 3.05) is 25.1 Å². The van der Waals surface area contributed by atoms with Crippen molar-refractivity contribution in [3.05, 3.63) is 53.0 Å². The third kappa shape index (κ3) is 7.29. The number of esters is 1. The molecule has 0 radical (unpaired) electrons. The zero-order chi connectivity index (χ0) is 18.1. The summed E-state index contributed by atoms with van der Waals surface area (Å²) in [6.45, 7) is 1.72. The summed E-state index contributed by atoms with van der Waals surface area (Å²) in [6, 6.07) is 15.5. The first kappa shape index (κ1) is 19.5. The number of nitrogens with one attached hydrogen (secondary N) is 1.